The van der Waals surface area contributed by atoms with Crippen molar-refractivity contribution >= 4 is 21.6 Å². The van der Waals surface area contributed by atoms with Gasteiger partial charge in [-0.25, -0.2) is 13.1 Å². The van der Waals surface area contributed by atoms with Crippen molar-refractivity contribution in [2.45, 2.75) is 38.1 Å². The van der Waals surface area contributed by atoms with E-state index in [1.54, 1.807) is 13.8 Å². The molecule has 1 aliphatic carbocycles. The fourth-order valence-electron chi connectivity index (χ4n) is 2.14. The average Bonchev–Trinajstić information content (AvgIpc) is 3.07. The Morgan fingerprint density at radius 1 is 1.48 bits per heavy atom. The van der Waals surface area contributed by atoms with Gasteiger partial charge in [-0.05, 0) is 26.7 Å². The molecule has 0 saturated heterocycles. The number of hydrogen-bond acceptors (Lipinski definition) is 5. The molecule has 0 aromatic carbocycles. The van der Waals surface area contributed by atoms with E-state index in [4.69, 9.17) is 5.73 Å². The SMILES string of the molecule is CC(C)(CNC(=O)c1n[nH]c(C2CC2)c1N)NS(C)(=O)=O. The van der Waals surface area contributed by atoms with Gasteiger partial charge in [-0.2, -0.15) is 5.10 Å². The molecule has 0 atom stereocenters. The Hall–Kier alpha value is -1.61. The Morgan fingerprint density at radius 3 is 2.62 bits per heavy atom. The van der Waals surface area contributed by atoms with E-state index >= 15 is 0 Å². The van der Waals surface area contributed by atoms with Crippen LogP contribution in [-0.2, 0) is 10.0 Å². The second-order valence-corrected chi connectivity index (χ2v) is 7.86. The van der Waals surface area contributed by atoms with E-state index in [0.29, 0.717) is 11.6 Å². The molecule has 1 amide bonds. The first kappa shape index (κ1) is 15.8. The number of aromatic nitrogens is 2. The number of carbonyl (C=O) groups is 1. The third-order valence-corrected chi connectivity index (χ3v) is 4.11. The molecule has 1 aliphatic rings. The lowest BCUT2D eigenvalue weighted by Crippen LogP contribution is -2.51. The van der Waals surface area contributed by atoms with Gasteiger partial charge in [-0.3, -0.25) is 9.89 Å². The van der Waals surface area contributed by atoms with Crippen molar-refractivity contribution in [3.05, 3.63) is 11.4 Å². The maximum Gasteiger partial charge on any atom is 0.274 e. The third kappa shape index (κ3) is 4.18. The van der Waals surface area contributed by atoms with Gasteiger partial charge in [-0.1, -0.05) is 0 Å². The van der Waals surface area contributed by atoms with Gasteiger partial charge in [-0.15, -0.1) is 0 Å². The highest BCUT2D eigenvalue weighted by molar-refractivity contribution is 7.88. The third-order valence-electron chi connectivity index (χ3n) is 3.19. The number of nitrogens with one attached hydrogen (secondary N) is 3. The van der Waals surface area contributed by atoms with Crippen LogP contribution in [0, 0.1) is 0 Å². The Bertz CT molecular complexity index is 646. The van der Waals surface area contributed by atoms with Gasteiger partial charge in [0.2, 0.25) is 10.0 Å². The molecule has 118 valence electrons. The van der Waals surface area contributed by atoms with E-state index in [1.165, 1.54) is 0 Å². The number of amides is 1. The number of sulfonamides is 1. The van der Waals surface area contributed by atoms with Crippen LogP contribution >= 0.6 is 0 Å². The van der Waals surface area contributed by atoms with Gasteiger partial charge >= 0.3 is 0 Å². The maximum atomic E-state index is 12.1. The number of nitrogens with zero attached hydrogens (tertiary/aromatic N) is 1. The molecule has 1 fully saturated rings. The monoisotopic (exact) mass is 315 g/mol. The minimum atomic E-state index is -3.35. The van der Waals surface area contributed by atoms with Gasteiger partial charge in [0.25, 0.3) is 5.91 Å². The zero-order valence-electron chi connectivity index (χ0n) is 12.4. The zero-order valence-corrected chi connectivity index (χ0v) is 13.2. The van der Waals surface area contributed by atoms with Crippen molar-refractivity contribution in [3.8, 4) is 0 Å². The molecule has 1 heterocycles. The summed E-state index contributed by atoms with van der Waals surface area (Å²) in [5.41, 5.74) is 6.47. The Balaban J connectivity index is 1.98. The fourth-order valence-corrected chi connectivity index (χ4v) is 3.22. The normalized spacial score (nSPS) is 16.0. The van der Waals surface area contributed by atoms with Gasteiger partial charge in [0.1, 0.15) is 0 Å². The van der Waals surface area contributed by atoms with E-state index in [9.17, 15) is 13.2 Å². The van der Waals surface area contributed by atoms with E-state index in [0.717, 1.165) is 24.8 Å². The Morgan fingerprint density at radius 2 is 2.10 bits per heavy atom. The van der Waals surface area contributed by atoms with Crippen molar-refractivity contribution in [2.75, 3.05) is 18.5 Å². The number of rotatable bonds is 6. The molecular formula is C12H21N5O3S. The first-order chi connectivity index (χ1) is 9.59. The lowest BCUT2D eigenvalue weighted by molar-refractivity contribution is 0.0940. The van der Waals surface area contributed by atoms with Gasteiger partial charge in [0.05, 0.1) is 17.6 Å². The van der Waals surface area contributed by atoms with Gasteiger partial charge in [0.15, 0.2) is 5.69 Å². The number of anilines is 1. The molecule has 21 heavy (non-hydrogen) atoms. The van der Waals surface area contributed by atoms with Crippen molar-refractivity contribution in [1.82, 2.24) is 20.2 Å². The van der Waals surface area contributed by atoms with Gasteiger partial charge < -0.3 is 11.1 Å². The van der Waals surface area contributed by atoms with E-state index in [-0.39, 0.29) is 12.2 Å². The predicted molar refractivity (Wildman–Crippen MR) is 79.4 cm³/mol. The summed E-state index contributed by atoms with van der Waals surface area (Å²) < 4.78 is 24.9. The Labute approximate surface area is 123 Å². The number of nitrogens with two attached hydrogens (primary N) is 1. The van der Waals surface area contributed by atoms with Crippen LogP contribution in [0.1, 0.15) is 48.8 Å². The molecule has 1 aromatic rings. The fraction of sp³-hybridized carbons (Fsp3) is 0.667. The molecule has 8 nitrogen and oxygen atoms in total. The lowest BCUT2D eigenvalue weighted by Gasteiger charge is -2.25. The number of nitrogen functional groups attached to an aromatic ring is 1. The predicted octanol–water partition coefficient (Wildman–Crippen LogP) is -0.0731. The van der Waals surface area contributed by atoms with Crippen LogP contribution in [0.4, 0.5) is 5.69 Å². The first-order valence-corrected chi connectivity index (χ1v) is 8.59. The van der Waals surface area contributed by atoms with Crippen LogP contribution in [0.5, 0.6) is 0 Å². The first-order valence-electron chi connectivity index (χ1n) is 6.70. The summed E-state index contributed by atoms with van der Waals surface area (Å²) in [6.07, 6.45) is 3.18. The molecular weight excluding hydrogens is 294 g/mol. The van der Waals surface area contributed by atoms with Crippen LogP contribution < -0.4 is 15.8 Å². The largest absolute Gasteiger partial charge is 0.395 e. The molecule has 1 aromatic heterocycles. The summed E-state index contributed by atoms with van der Waals surface area (Å²) in [7, 11) is -3.35. The summed E-state index contributed by atoms with van der Waals surface area (Å²) >= 11 is 0. The van der Waals surface area contributed by atoms with Crippen LogP contribution in [0.3, 0.4) is 0 Å². The second kappa shape index (κ2) is 5.30. The number of carbonyl (C=O) groups excluding carboxylic acids is 1. The van der Waals surface area contributed by atoms with Crippen LogP contribution in [0.2, 0.25) is 0 Å². The summed E-state index contributed by atoms with van der Waals surface area (Å²) in [6, 6.07) is 0. The molecule has 0 aliphatic heterocycles. The summed E-state index contributed by atoms with van der Waals surface area (Å²) in [5, 5.41) is 9.40. The molecule has 2 rings (SSSR count). The average molecular weight is 315 g/mol. The second-order valence-electron chi connectivity index (χ2n) is 6.11. The van der Waals surface area contributed by atoms with Crippen molar-refractivity contribution in [3.63, 3.8) is 0 Å². The molecule has 1 saturated carbocycles. The number of hydrogen-bond donors (Lipinski definition) is 4. The minimum absolute atomic E-state index is 0.129. The van der Waals surface area contributed by atoms with Crippen molar-refractivity contribution < 1.29 is 13.2 Å². The zero-order chi connectivity index (χ0) is 15.8. The van der Waals surface area contributed by atoms with Crippen LogP contribution in [0.25, 0.3) is 0 Å². The topological polar surface area (TPSA) is 130 Å². The van der Waals surface area contributed by atoms with Crippen molar-refractivity contribution in [1.29, 1.82) is 0 Å². The standard InChI is InChI=1S/C12H21N5O3S/c1-12(2,17-21(3,19)20)6-14-11(18)10-8(13)9(15-16-10)7-4-5-7/h7,17H,4-6,13H2,1-3H3,(H,14,18)(H,15,16). The summed E-state index contributed by atoms with van der Waals surface area (Å²) in [4.78, 5) is 12.1. The van der Waals surface area contributed by atoms with Gasteiger partial charge in [0, 0.05) is 18.0 Å². The van der Waals surface area contributed by atoms with E-state index < -0.39 is 21.5 Å². The van der Waals surface area contributed by atoms with E-state index in [1.807, 2.05) is 0 Å². The molecule has 0 radical (unpaired) electrons. The minimum Gasteiger partial charge on any atom is -0.395 e. The Kier molecular flexibility index (Phi) is 3.98. The van der Waals surface area contributed by atoms with Crippen LogP contribution in [-0.4, -0.2) is 42.9 Å². The molecule has 0 spiro atoms. The van der Waals surface area contributed by atoms with Crippen LogP contribution in [0.15, 0.2) is 0 Å². The number of H-pyrrole nitrogens is 1. The molecule has 0 unspecified atom stereocenters. The smallest absolute Gasteiger partial charge is 0.274 e. The number of aromatic amines is 1. The quantitative estimate of drug-likeness (QED) is 0.583. The van der Waals surface area contributed by atoms with Crippen molar-refractivity contribution in [2.24, 2.45) is 0 Å². The summed E-state index contributed by atoms with van der Waals surface area (Å²) in [5.74, 6) is -0.0404. The molecule has 9 heteroatoms. The highest BCUT2D eigenvalue weighted by Crippen LogP contribution is 2.42. The highest BCUT2D eigenvalue weighted by Gasteiger charge is 2.31. The maximum absolute atomic E-state index is 12.1. The summed E-state index contributed by atoms with van der Waals surface area (Å²) in [6.45, 7) is 3.49. The van der Waals surface area contributed by atoms with E-state index in [2.05, 4.69) is 20.2 Å². The molecule has 0 bridgehead atoms. The lowest BCUT2D eigenvalue weighted by atomic mass is 10.1. The molecule has 5 N–H and O–H groups in total. The highest BCUT2D eigenvalue weighted by atomic mass is 32.2.